The van der Waals surface area contributed by atoms with E-state index in [1.165, 1.54) is 4.90 Å². The van der Waals surface area contributed by atoms with E-state index in [1.54, 1.807) is 42.5 Å². The van der Waals surface area contributed by atoms with Crippen LogP contribution in [0.5, 0.6) is 11.5 Å². The second-order valence-corrected chi connectivity index (χ2v) is 6.13. The largest absolute Gasteiger partial charge is 0.481 e. The number of fused-ring (bicyclic) bond motifs is 1. The Morgan fingerprint density at radius 1 is 1.16 bits per heavy atom. The Labute approximate surface area is 154 Å². The fraction of sp³-hybridized carbons (Fsp3) is 0.176. The molecule has 6 nitrogen and oxygen atoms in total. The molecule has 1 atom stereocenters. The molecule has 25 heavy (non-hydrogen) atoms. The molecule has 0 radical (unpaired) electrons. The number of amides is 2. The Bertz CT molecular complexity index is 808. The molecular formula is C17H14Cl2N2O4. The van der Waals surface area contributed by atoms with Crippen molar-refractivity contribution in [3.63, 3.8) is 0 Å². The first kappa shape index (κ1) is 17.4. The number of halogens is 2. The summed E-state index contributed by atoms with van der Waals surface area (Å²) in [6.07, 6.45) is -0.928. The zero-order valence-electron chi connectivity index (χ0n) is 12.9. The Morgan fingerprint density at radius 2 is 1.84 bits per heavy atom. The van der Waals surface area contributed by atoms with Crippen molar-refractivity contribution in [3.05, 3.63) is 52.5 Å². The zero-order chi connectivity index (χ0) is 18.0. The predicted octanol–water partition coefficient (Wildman–Crippen LogP) is 2.65. The van der Waals surface area contributed by atoms with Crippen LogP contribution < -0.4 is 20.1 Å². The molecule has 2 N–H and O–H groups in total. The van der Waals surface area contributed by atoms with Gasteiger partial charge in [0.1, 0.15) is 5.75 Å². The van der Waals surface area contributed by atoms with E-state index >= 15 is 0 Å². The number of primary amides is 1. The first-order valence-electron chi connectivity index (χ1n) is 7.39. The highest BCUT2D eigenvalue weighted by atomic mass is 35.5. The summed E-state index contributed by atoms with van der Waals surface area (Å²) in [6.45, 7) is -0.298. The molecule has 0 spiro atoms. The molecule has 0 saturated heterocycles. The highest BCUT2D eigenvalue weighted by Crippen LogP contribution is 2.34. The van der Waals surface area contributed by atoms with Gasteiger partial charge in [-0.3, -0.25) is 9.59 Å². The number of anilines is 1. The SMILES string of the molecule is NC(=O)C1CN(C(=O)COc2c(Cl)cccc2Cl)c2ccccc2O1. The molecular weight excluding hydrogens is 367 g/mol. The van der Waals surface area contributed by atoms with Gasteiger partial charge in [0.05, 0.1) is 22.3 Å². The van der Waals surface area contributed by atoms with Gasteiger partial charge in [-0.15, -0.1) is 0 Å². The molecule has 130 valence electrons. The molecule has 0 aliphatic carbocycles. The van der Waals surface area contributed by atoms with E-state index in [4.69, 9.17) is 38.4 Å². The second-order valence-electron chi connectivity index (χ2n) is 5.32. The van der Waals surface area contributed by atoms with Crippen LogP contribution in [0.15, 0.2) is 42.5 Å². The molecule has 3 rings (SSSR count). The van der Waals surface area contributed by atoms with Crippen molar-refractivity contribution >= 4 is 40.7 Å². The van der Waals surface area contributed by atoms with Gasteiger partial charge < -0.3 is 20.1 Å². The van der Waals surface area contributed by atoms with Crippen LogP contribution in [-0.2, 0) is 9.59 Å². The lowest BCUT2D eigenvalue weighted by Gasteiger charge is -2.33. The summed E-state index contributed by atoms with van der Waals surface area (Å²) in [6, 6.07) is 11.8. The van der Waals surface area contributed by atoms with Crippen LogP contribution in [0.25, 0.3) is 0 Å². The number of nitrogens with zero attached hydrogens (tertiary/aromatic N) is 1. The average molecular weight is 381 g/mol. The molecule has 8 heteroatoms. The first-order chi connectivity index (χ1) is 12.0. The standard InChI is InChI=1S/C17H14Cl2N2O4/c18-10-4-3-5-11(19)16(10)24-9-15(22)21-8-14(17(20)23)25-13-7-2-1-6-12(13)21/h1-7,14H,8-9H2,(H2,20,23). The van der Waals surface area contributed by atoms with Crippen LogP contribution >= 0.6 is 23.2 Å². The lowest BCUT2D eigenvalue weighted by molar-refractivity contribution is -0.125. The third-order valence-corrected chi connectivity index (χ3v) is 4.25. The molecule has 1 aliphatic heterocycles. The highest BCUT2D eigenvalue weighted by molar-refractivity contribution is 6.37. The molecule has 1 heterocycles. The quantitative estimate of drug-likeness (QED) is 0.883. The predicted molar refractivity (Wildman–Crippen MR) is 94.4 cm³/mol. The first-order valence-corrected chi connectivity index (χ1v) is 8.15. The van der Waals surface area contributed by atoms with Crippen LogP contribution in [0.3, 0.4) is 0 Å². The average Bonchev–Trinajstić information content (AvgIpc) is 2.60. The van der Waals surface area contributed by atoms with Crippen LogP contribution in [0, 0.1) is 0 Å². The van der Waals surface area contributed by atoms with E-state index in [9.17, 15) is 9.59 Å². The summed E-state index contributed by atoms with van der Waals surface area (Å²) in [4.78, 5) is 25.5. The van der Waals surface area contributed by atoms with Gasteiger partial charge in [0.15, 0.2) is 18.5 Å². The lowest BCUT2D eigenvalue weighted by atomic mass is 10.2. The summed E-state index contributed by atoms with van der Waals surface area (Å²) in [7, 11) is 0. The van der Waals surface area contributed by atoms with Crippen LogP contribution in [-0.4, -0.2) is 31.1 Å². The number of para-hydroxylation sites is 3. The van der Waals surface area contributed by atoms with Gasteiger partial charge in [-0.05, 0) is 24.3 Å². The maximum absolute atomic E-state index is 12.6. The number of rotatable bonds is 4. The van der Waals surface area contributed by atoms with E-state index in [0.29, 0.717) is 21.5 Å². The van der Waals surface area contributed by atoms with E-state index in [2.05, 4.69) is 0 Å². The Morgan fingerprint density at radius 3 is 2.52 bits per heavy atom. The van der Waals surface area contributed by atoms with Gasteiger partial charge in [-0.1, -0.05) is 41.4 Å². The summed E-state index contributed by atoms with van der Waals surface area (Å²) >= 11 is 12.1. The third kappa shape index (κ3) is 3.65. The minimum Gasteiger partial charge on any atom is -0.481 e. The van der Waals surface area contributed by atoms with Crippen LogP contribution in [0.4, 0.5) is 5.69 Å². The molecule has 1 aliphatic rings. The van der Waals surface area contributed by atoms with Gasteiger partial charge in [0, 0.05) is 0 Å². The number of ether oxygens (including phenoxy) is 2. The zero-order valence-corrected chi connectivity index (χ0v) is 14.5. The van der Waals surface area contributed by atoms with E-state index in [1.807, 2.05) is 0 Å². The Balaban J connectivity index is 1.80. The molecule has 2 amide bonds. The van der Waals surface area contributed by atoms with Crippen molar-refractivity contribution in [1.82, 2.24) is 0 Å². The van der Waals surface area contributed by atoms with Crippen LogP contribution in [0.2, 0.25) is 10.0 Å². The Kier molecular flexibility index (Phi) is 5.01. The maximum Gasteiger partial charge on any atom is 0.265 e. The van der Waals surface area contributed by atoms with Crippen LogP contribution in [0.1, 0.15) is 0 Å². The second kappa shape index (κ2) is 7.21. The highest BCUT2D eigenvalue weighted by Gasteiger charge is 2.32. The van der Waals surface area contributed by atoms with E-state index < -0.39 is 12.0 Å². The third-order valence-electron chi connectivity index (χ3n) is 3.65. The lowest BCUT2D eigenvalue weighted by Crippen LogP contribution is -2.50. The Hall–Kier alpha value is -2.44. The van der Waals surface area contributed by atoms with Crippen molar-refractivity contribution < 1.29 is 19.1 Å². The number of nitrogens with two attached hydrogens (primary N) is 1. The normalized spacial score (nSPS) is 15.9. The summed E-state index contributed by atoms with van der Waals surface area (Å²) in [5.74, 6) is -0.394. The molecule has 0 fully saturated rings. The summed E-state index contributed by atoms with van der Waals surface area (Å²) < 4.78 is 11.0. The van der Waals surface area contributed by atoms with Gasteiger partial charge in [-0.2, -0.15) is 0 Å². The number of benzene rings is 2. The molecule has 0 saturated carbocycles. The van der Waals surface area contributed by atoms with Gasteiger partial charge in [0.25, 0.3) is 11.8 Å². The van der Waals surface area contributed by atoms with E-state index in [0.717, 1.165) is 0 Å². The molecule has 2 aromatic carbocycles. The van der Waals surface area contributed by atoms with Gasteiger partial charge in [0.2, 0.25) is 0 Å². The topological polar surface area (TPSA) is 81.9 Å². The fourth-order valence-corrected chi connectivity index (χ4v) is 2.96. The smallest absolute Gasteiger partial charge is 0.265 e. The van der Waals surface area contributed by atoms with Gasteiger partial charge in [-0.25, -0.2) is 0 Å². The summed E-state index contributed by atoms with van der Waals surface area (Å²) in [5.41, 5.74) is 5.86. The minimum absolute atomic E-state index is 0.00476. The minimum atomic E-state index is -0.928. The van der Waals surface area contributed by atoms with Gasteiger partial charge >= 0.3 is 0 Å². The molecule has 0 aromatic heterocycles. The number of carbonyl (C=O) groups is 2. The van der Waals surface area contributed by atoms with Crippen molar-refractivity contribution in [3.8, 4) is 11.5 Å². The molecule has 2 aromatic rings. The monoisotopic (exact) mass is 380 g/mol. The van der Waals surface area contributed by atoms with Crippen molar-refractivity contribution in [1.29, 1.82) is 0 Å². The van der Waals surface area contributed by atoms with Crippen molar-refractivity contribution in [2.45, 2.75) is 6.10 Å². The maximum atomic E-state index is 12.6. The fourth-order valence-electron chi connectivity index (χ4n) is 2.45. The number of carbonyl (C=O) groups excluding carboxylic acids is 2. The molecule has 0 bridgehead atoms. The van der Waals surface area contributed by atoms with Crippen molar-refractivity contribution in [2.75, 3.05) is 18.1 Å². The number of hydrogen-bond acceptors (Lipinski definition) is 4. The van der Waals surface area contributed by atoms with E-state index in [-0.39, 0.29) is 24.8 Å². The molecule has 1 unspecified atom stereocenters. The van der Waals surface area contributed by atoms with Crippen molar-refractivity contribution in [2.24, 2.45) is 5.73 Å². The number of hydrogen-bond donors (Lipinski definition) is 1. The summed E-state index contributed by atoms with van der Waals surface area (Å²) in [5, 5.41) is 0.607.